The summed E-state index contributed by atoms with van der Waals surface area (Å²) in [5, 5.41) is 8.83. The molecule has 0 spiro atoms. The molecular weight excluding hydrogens is 260 g/mol. The van der Waals surface area contributed by atoms with Gasteiger partial charge in [-0.1, -0.05) is 13.8 Å². The van der Waals surface area contributed by atoms with Gasteiger partial charge in [0.1, 0.15) is 6.33 Å². The fourth-order valence-electron chi connectivity index (χ4n) is 1.43. The minimum atomic E-state index is -0.806. The van der Waals surface area contributed by atoms with Crippen LogP contribution in [0.5, 0.6) is 0 Å². The SMILES string of the molecule is CC(C)C(CC(=O)O)c1ncncc1Br. The topological polar surface area (TPSA) is 63.1 Å². The van der Waals surface area contributed by atoms with E-state index >= 15 is 0 Å². The summed E-state index contributed by atoms with van der Waals surface area (Å²) in [6.45, 7) is 3.98. The molecule has 0 saturated carbocycles. The van der Waals surface area contributed by atoms with Crippen LogP contribution in [0.15, 0.2) is 17.0 Å². The fourth-order valence-corrected chi connectivity index (χ4v) is 1.95. The molecule has 0 radical (unpaired) electrons. The summed E-state index contributed by atoms with van der Waals surface area (Å²) < 4.78 is 0.768. The Morgan fingerprint density at radius 2 is 2.27 bits per heavy atom. The summed E-state index contributed by atoms with van der Waals surface area (Å²) in [7, 11) is 0. The van der Waals surface area contributed by atoms with E-state index in [0.717, 1.165) is 10.2 Å². The molecule has 1 aromatic rings. The first-order valence-corrected chi connectivity index (χ1v) is 5.49. The molecule has 82 valence electrons. The quantitative estimate of drug-likeness (QED) is 0.915. The second-order valence-electron chi connectivity index (χ2n) is 3.70. The number of carboxylic acid groups (broad SMARTS) is 1. The van der Waals surface area contributed by atoms with Crippen LogP contribution in [-0.4, -0.2) is 21.0 Å². The average molecular weight is 273 g/mol. The predicted molar refractivity (Wildman–Crippen MR) is 59.6 cm³/mol. The van der Waals surface area contributed by atoms with Crippen molar-refractivity contribution in [3.05, 3.63) is 22.7 Å². The van der Waals surface area contributed by atoms with Crippen LogP contribution in [0, 0.1) is 5.92 Å². The first-order chi connectivity index (χ1) is 7.02. The smallest absolute Gasteiger partial charge is 0.304 e. The van der Waals surface area contributed by atoms with Crippen LogP contribution in [0.1, 0.15) is 31.9 Å². The van der Waals surface area contributed by atoms with Gasteiger partial charge in [0.15, 0.2) is 0 Å². The van der Waals surface area contributed by atoms with Gasteiger partial charge in [-0.3, -0.25) is 4.79 Å². The van der Waals surface area contributed by atoms with Crippen molar-refractivity contribution in [2.45, 2.75) is 26.2 Å². The third kappa shape index (κ3) is 3.27. The van der Waals surface area contributed by atoms with Crippen molar-refractivity contribution < 1.29 is 9.90 Å². The van der Waals surface area contributed by atoms with Gasteiger partial charge < -0.3 is 5.11 Å². The van der Waals surface area contributed by atoms with Crippen LogP contribution >= 0.6 is 15.9 Å². The maximum Gasteiger partial charge on any atom is 0.304 e. The minimum Gasteiger partial charge on any atom is -0.481 e. The van der Waals surface area contributed by atoms with Crippen molar-refractivity contribution in [2.24, 2.45) is 5.92 Å². The lowest BCUT2D eigenvalue weighted by molar-refractivity contribution is -0.137. The average Bonchev–Trinajstić information content (AvgIpc) is 2.15. The van der Waals surface area contributed by atoms with Gasteiger partial charge in [-0.05, 0) is 21.8 Å². The van der Waals surface area contributed by atoms with E-state index in [-0.39, 0.29) is 18.3 Å². The summed E-state index contributed by atoms with van der Waals surface area (Å²) in [4.78, 5) is 18.7. The summed E-state index contributed by atoms with van der Waals surface area (Å²) >= 11 is 3.34. The second-order valence-corrected chi connectivity index (χ2v) is 4.56. The van der Waals surface area contributed by atoms with Crippen molar-refractivity contribution in [3.8, 4) is 0 Å². The molecule has 0 saturated heterocycles. The molecule has 0 aromatic carbocycles. The molecule has 0 aliphatic heterocycles. The highest BCUT2D eigenvalue weighted by atomic mass is 79.9. The van der Waals surface area contributed by atoms with Gasteiger partial charge in [-0.25, -0.2) is 9.97 Å². The Balaban J connectivity index is 2.99. The molecule has 4 nitrogen and oxygen atoms in total. The van der Waals surface area contributed by atoms with E-state index in [2.05, 4.69) is 25.9 Å². The molecule has 1 rings (SSSR count). The highest BCUT2D eigenvalue weighted by molar-refractivity contribution is 9.10. The Labute approximate surface area is 96.9 Å². The van der Waals surface area contributed by atoms with Crippen LogP contribution in [-0.2, 0) is 4.79 Å². The van der Waals surface area contributed by atoms with Gasteiger partial charge in [0.25, 0.3) is 0 Å². The molecule has 1 heterocycles. The standard InChI is InChI=1S/C10H13BrN2O2/c1-6(2)7(3-9(14)15)10-8(11)4-12-5-13-10/h4-7H,3H2,1-2H3,(H,14,15). The van der Waals surface area contributed by atoms with E-state index in [1.807, 2.05) is 13.8 Å². The van der Waals surface area contributed by atoms with Gasteiger partial charge in [-0.2, -0.15) is 0 Å². The van der Waals surface area contributed by atoms with Crippen molar-refractivity contribution in [3.63, 3.8) is 0 Å². The van der Waals surface area contributed by atoms with E-state index in [9.17, 15) is 4.79 Å². The fraction of sp³-hybridized carbons (Fsp3) is 0.500. The third-order valence-electron chi connectivity index (χ3n) is 2.25. The lowest BCUT2D eigenvalue weighted by atomic mass is 9.89. The molecule has 1 atom stereocenters. The number of hydrogen-bond donors (Lipinski definition) is 1. The zero-order chi connectivity index (χ0) is 11.4. The lowest BCUT2D eigenvalue weighted by Crippen LogP contribution is -2.14. The Morgan fingerprint density at radius 1 is 1.60 bits per heavy atom. The number of carboxylic acids is 1. The highest BCUT2D eigenvalue weighted by Gasteiger charge is 2.22. The molecule has 0 amide bonds. The van der Waals surface area contributed by atoms with Crippen molar-refractivity contribution in [1.82, 2.24) is 9.97 Å². The van der Waals surface area contributed by atoms with Gasteiger partial charge in [-0.15, -0.1) is 0 Å². The minimum absolute atomic E-state index is 0.0834. The summed E-state index contributed by atoms with van der Waals surface area (Å²) in [6, 6.07) is 0. The van der Waals surface area contributed by atoms with Crippen LogP contribution in [0.3, 0.4) is 0 Å². The van der Waals surface area contributed by atoms with Crippen molar-refractivity contribution in [1.29, 1.82) is 0 Å². The largest absolute Gasteiger partial charge is 0.481 e. The number of nitrogens with zero attached hydrogens (tertiary/aromatic N) is 2. The number of hydrogen-bond acceptors (Lipinski definition) is 3. The summed E-state index contributed by atoms with van der Waals surface area (Å²) in [5.41, 5.74) is 0.766. The predicted octanol–water partition coefficient (Wildman–Crippen LogP) is 2.45. The first-order valence-electron chi connectivity index (χ1n) is 4.69. The number of rotatable bonds is 4. The molecule has 0 aliphatic rings. The number of halogens is 1. The van der Waals surface area contributed by atoms with E-state index in [0.29, 0.717) is 0 Å². The molecule has 1 unspecified atom stereocenters. The van der Waals surface area contributed by atoms with Gasteiger partial charge >= 0.3 is 5.97 Å². The monoisotopic (exact) mass is 272 g/mol. The molecule has 0 aliphatic carbocycles. The Hall–Kier alpha value is -0.970. The number of carbonyl (C=O) groups is 1. The van der Waals surface area contributed by atoms with Crippen LogP contribution in [0.25, 0.3) is 0 Å². The molecule has 5 heteroatoms. The van der Waals surface area contributed by atoms with Gasteiger partial charge in [0, 0.05) is 12.1 Å². The Morgan fingerprint density at radius 3 is 2.73 bits per heavy atom. The number of aliphatic carboxylic acids is 1. The van der Waals surface area contributed by atoms with Gasteiger partial charge in [0.2, 0.25) is 0 Å². The van der Waals surface area contributed by atoms with E-state index < -0.39 is 5.97 Å². The lowest BCUT2D eigenvalue weighted by Gasteiger charge is -2.18. The maximum atomic E-state index is 10.7. The first kappa shape index (κ1) is 12.1. The van der Waals surface area contributed by atoms with E-state index in [4.69, 9.17) is 5.11 Å². The molecule has 0 bridgehead atoms. The molecular formula is C10H13BrN2O2. The summed E-state index contributed by atoms with van der Waals surface area (Å²) in [5.74, 6) is -0.661. The van der Waals surface area contributed by atoms with Crippen molar-refractivity contribution in [2.75, 3.05) is 0 Å². The normalized spacial score (nSPS) is 12.8. The number of aromatic nitrogens is 2. The van der Waals surface area contributed by atoms with Crippen LogP contribution < -0.4 is 0 Å². The zero-order valence-electron chi connectivity index (χ0n) is 8.64. The van der Waals surface area contributed by atoms with Crippen molar-refractivity contribution >= 4 is 21.9 Å². The molecule has 1 N–H and O–H groups in total. The molecule has 1 aromatic heterocycles. The molecule has 0 fully saturated rings. The van der Waals surface area contributed by atoms with E-state index in [1.54, 1.807) is 6.20 Å². The second kappa shape index (κ2) is 5.21. The van der Waals surface area contributed by atoms with Gasteiger partial charge in [0.05, 0.1) is 16.6 Å². The Kier molecular flexibility index (Phi) is 4.20. The summed E-state index contributed by atoms with van der Waals surface area (Å²) in [6.07, 6.45) is 3.17. The van der Waals surface area contributed by atoms with E-state index in [1.165, 1.54) is 6.33 Å². The Bertz CT molecular complexity index is 355. The maximum absolute atomic E-state index is 10.7. The zero-order valence-corrected chi connectivity index (χ0v) is 10.2. The third-order valence-corrected chi connectivity index (χ3v) is 2.86. The highest BCUT2D eigenvalue weighted by Crippen LogP contribution is 2.30. The van der Waals surface area contributed by atoms with Crippen LogP contribution in [0.4, 0.5) is 0 Å². The van der Waals surface area contributed by atoms with Crippen LogP contribution in [0.2, 0.25) is 0 Å². The molecule has 15 heavy (non-hydrogen) atoms.